The molecular weight excluding hydrogens is 424 g/mol. The summed E-state index contributed by atoms with van der Waals surface area (Å²) in [7, 11) is 0. The predicted octanol–water partition coefficient (Wildman–Crippen LogP) is -1.69. The molecule has 11 nitrogen and oxygen atoms in total. The van der Waals surface area contributed by atoms with Crippen molar-refractivity contribution in [3.8, 4) is 5.75 Å². The molecule has 1 heterocycles. The number of hydrogen-bond donors (Lipinski definition) is 8. The van der Waals surface area contributed by atoms with Crippen LogP contribution in [0.25, 0.3) is 0 Å². The Hall–Kier alpha value is -2.28. The molecule has 32 heavy (non-hydrogen) atoms. The third-order valence-corrected chi connectivity index (χ3v) is 5.83. The van der Waals surface area contributed by atoms with Crippen LogP contribution < -0.4 is 10.6 Å². The zero-order valence-corrected chi connectivity index (χ0v) is 18.0. The van der Waals surface area contributed by atoms with E-state index in [1.165, 1.54) is 12.1 Å². The SMILES string of the molecule is CCC(C)C(N[C@]1(CO)OC[C@@H](O)[C@@H](O)[C@@H]1O)C(=O)NC(Cc1ccc(O)cc1)C(=O)O. The number of carbonyl (C=O) groups excluding carboxylic acids is 1. The van der Waals surface area contributed by atoms with Crippen molar-refractivity contribution >= 4 is 11.9 Å². The fourth-order valence-corrected chi connectivity index (χ4v) is 3.51. The molecule has 7 atom stereocenters. The molecule has 1 amide bonds. The maximum absolute atomic E-state index is 13.1. The highest BCUT2D eigenvalue weighted by Gasteiger charge is 2.51. The molecule has 8 N–H and O–H groups in total. The highest BCUT2D eigenvalue weighted by Crippen LogP contribution is 2.26. The molecule has 1 aromatic carbocycles. The van der Waals surface area contributed by atoms with Gasteiger partial charge in [-0.25, -0.2) is 4.79 Å². The molecule has 2 rings (SSSR count). The number of carboxylic acid groups (broad SMARTS) is 1. The van der Waals surface area contributed by atoms with Crippen LogP contribution in [0.1, 0.15) is 25.8 Å². The smallest absolute Gasteiger partial charge is 0.326 e. The lowest BCUT2D eigenvalue weighted by Gasteiger charge is -2.46. The number of aromatic hydroxyl groups is 1. The van der Waals surface area contributed by atoms with Gasteiger partial charge in [0.1, 0.15) is 30.1 Å². The number of phenolic OH excluding ortho intramolecular Hbond substituents is 1. The Labute approximate surface area is 185 Å². The Morgan fingerprint density at radius 2 is 1.84 bits per heavy atom. The third kappa shape index (κ3) is 5.94. The summed E-state index contributed by atoms with van der Waals surface area (Å²) in [5.41, 5.74) is -1.35. The van der Waals surface area contributed by atoms with Crippen LogP contribution in [0.2, 0.25) is 0 Å². The first kappa shape index (κ1) is 26.0. The van der Waals surface area contributed by atoms with Crippen LogP contribution in [0.3, 0.4) is 0 Å². The van der Waals surface area contributed by atoms with E-state index in [1.807, 2.05) is 0 Å². The lowest BCUT2D eigenvalue weighted by molar-refractivity contribution is -0.261. The maximum Gasteiger partial charge on any atom is 0.326 e. The van der Waals surface area contributed by atoms with Gasteiger partial charge in [-0.15, -0.1) is 0 Å². The molecule has 0 radical (unpaired) electrons. The molecule has 0 spiro atoms. The van der Waals surface area contributed by atoms with E-state index in [0.29, 0.717) is 12.0 Å². The number of benzene rings is 1. The van der Waals surface area contributed by atoms with Crippen LogP contribution in [0.15, 0.2) is 24.3 Å². The van der Waals surface area contributed by atoms with E-state index in [4.69, 9.17) is 4.74 Å². The van der Waals surface area contributed by atoms with E-state index in [2.05, 4.69) is 10.6 Å². The van der Waals surface area contributed by atoms with Crippen LogP contribution in [-0.4, -0.2) is 91.8 Å². The Bertz CT molecular complexity index is 775. The van der Waals surface area contributed by atoms with E-state index < -0.39 is 54.6 Å². The van der Waals surface area contributed by atoms with Gasteiger partial charge >= 0.3 is 5.97 Å². The topological polar surface area (TPSA) is 189 Å². The second-order valence-electron chi connectivity index (χ2n) is 8.14. The minimum absolute atomic E-state index is 0.0262. The van der Waals surface area contributed by atoms with Gasteiger partial charge in [-0.3, -0.25) is 10.1 Å². The van der Waals surface area contributed by atoms with E-state index in [9.17, 15) is 40.2 Å². The number of amides is 1. The number of nitrogens with one attached hydrogen (secondary N) is 2. The maximum atomic E-state index is 13.1. The molecule has 180 valence electrons. The summed E-state index contributed by atoms with van der Waals surface area (Å²) >= 11 is 0. The van der Waals surface area contributed by atoms with Gasteiger partial charge in [0.05, 0.1) is 19.3 Å². The predicted molar refractivity (Wildman–Crippen MR) is 112 cm³/mol. The summed E-state index contributed by atoms with van der Waals surface area (Å²) in [6, 6.07) is 3.53. The van der Waals surface area contributed by atoms with Crippen molar-refractivity contribution in [1.29, 1.82) is 0 Å². The molecule has 3 unspecified atom stereocenters. The van der Waals surface area contributed by atoms with Crippen molar-refractivity contribution in [2.75, 3.05) is 13.2 Å². The molecule has 1 saturated heterocycles. The monoisotopic (exact) mass is 456 g/mol. The van der Waals surface area contributed by atoms with Gasteiger partial charge in [0, 0.05) is 6.42 Å². The van der Waals surface area contributed by atoms with Gasteiger partial charge < -0.3 is 40.7 Å². The molecule has 0 bridgehead atoms. The number of carbonyl (C=O) groups is 2. The number of ether oxygens (including phenoxy) is 1. The first-order chi connectivity index (χ1) is 15.0. The minimum Gasteiger partial charge on any atom is -0.508 e. The summed E-state index contributed by atoms with van der Waals surface area (Å²) < 4.78 is 5.40. The second-order valence-corrected chi connectivity index (χ2v) is 8.14. The summed E-state index contributed by atoms with van der Waals surface area (Å²) in [5.74, 6) is -2.31. The summed E-state index contributed by atoms with van der Waals surface area (Å²) in [6.45, 7) is 2.33. The molecule has 1 fully saturated rings. The summed E-state index contributed by atoms with van der Waals surface area (Å²) in [6.07, 6.45) is -4.29. The van der Waals surface area contributed by atoms with Crippen LogP contribution in [0, 0.1) is 5.92 Å². The van der Waals surface area contributed by atoms with E-state index in [1.54, 1.807) is 26.0 Å². The van der Waals surface area contributed by atoms with Crippen LogP contribution in [0.4, 0.5) is 0 Å². The van der Waals surface area contributed by atoms with Crippen LogP contribution >= 0.6 is 0 Å². The molecular formula is C21H32N2O9. The number of aliphatic hydroxyl groups is 4. The number of aliphatic carboxylic acids is 1. The van der Waals surface area contributed by atoms with Crippen LogP contribution in [0.5, 0.6) is 5.75 Å². The highest BCUT2D eigenvalue weighted by atomic mass is 16.6. The number of carboxylic acids is 1. The molecule has 1 aliphatic rings. The number of hydrogen-bond acceptors (Lipinski definition) is 9. The molecule has 11 heteroatoms. The molecule has 1 aromatic rings. The lowest BCUT2D eigenvalue weighted by Crippen LogP contribution is -2.72. The van der Waals surface area contributed by atoms with Crippen molar-refractivity contribution in [2.45, 2.75) is 62.8 Å². The molecule has 0 aliphatic carbocycles. The van der Waals surface area contributed by atoms with Gasteiger partial charge in [-0.1, -0.05) is 32.4 Å². The van der Waals surface area contributed by atoms with Crippen molar-refractivity contribution in [3.63, 3.8) is 0 Å². The van der Waals surface area contributed by atoms with E-state index in [0.717, 1.165) is 0 Å². The first-order valence-electron chi connectivity index (χ1n) is 10.4. The van der Waals surface area contributed by atoms with E-state index in [-0.39, 0.29) is 24.7 Å². The zero-order valence-electron chi connectivity index (χ0n) is 18.0. The van der Waals surface area contributed by atoms with Gasteiger partial charge in [-0.2, -0.15) is 0 Å². The lowest BCUT2D eigenvalue weighted by atomic mass is 9.90. The Balaban J connectivity index is 2.22. The average Bonchev–Trinajstić information content (AvgIpc) is 2.77. The molecule has 0 saturated carbocycles. The number of phenols is 1. The fraction of sp³-hybridized carbons (Fsp3) is 0.619. The number of aliphatic hydroxyl groups excluding tert-OH is 4. The third-order valence-electron chi connectivity index (χ3n) is 5.83. The fourth-order valence-electron chi connectivity index (χ4n) is 3.51. The standard InChI is InChI=1S/C21H32N2O9/c1-3-11(2)16(23-21(10-24)18(28)17(27)15(26)9-32-21)19(29)22-14(20(30)31)8-12-4-6-13(25)7-5-12/h4-7,11,14-18,23-28H,3,8-10H2,1-2H3,(H,22,29)(H,30,31)/t11?,14?,15-,16?,17-,18+,21-/m1/s1. The minimum atomic E-state index is -1.93. The van der Waals surface area contributed by atoms with Crippen molar-refractivity contribution < 1.29 is 45.0 Å². The van der Waals surface area contributed by atoms with Crippen LogP contribution in [-0.2, 0) is 20.7 Å². The Morgan fingerprint density at radius 1 is 1.22 bits per heavy atom. The molecule has 1 aliphatic heterocycles. The first-order valence-corrected chi connectivity index (χ1v) is 10.4. The van der Waals surface area contributed by atoms with Gasteiger partial charge in [0.15, 0.2) is 5.72 Å². The summed E-state index contributed by atoms with van der Waals surface area (Å²) in [4.78, 5) is 24.8. The van der Waals surface area contributed by atoms with Gasteiger partial charge in [0.25, 0.3) is 0 Å². The normalized spacial score (nSPS) is 28.5. The van der Waals surface area contributed by atoms with Crippen molar-refractivity contribution in [1.82, 2.24) is 10.6 Å². The Morgan fingerprint density at radius 3 is 2.38 bits per heavy atom. The molecule has 0 aromatic heterocycles. The summed E-state index contributed by atoms with van der Waals surface area (Å²) in [5, 5.41) is 64.3. The van der Waals surface area contributed by atoms with E-state index >= 15 is 0 Å². The zero-order chi connectivity index (χ0) is 24.1. The quantitative estimate of drug-likeness (QED) is 0.202. The number of rotatable bonds is 10. The largest absolute Gasteiger partial charge is 0.508 e. The van der Waals surface area contributed by atoms with Gasteiger partial charge in [-0.05, 0) is 23.6 Å². The average molecular weight is 456 g/mol. The van der Waals surface area contributed by atoms with Crippen molar-refractivity contribution in [3.05, 3.63) is 29.8 Å². The second kappa shape index (κ2) is 11.0. The van der Waals surface area contributed by atoms with Gasteiger partial charge in [0.2, 0.25) is 5.91 Å². The Kier molecular flexibility index (Phi) is 8.96. The van der Waals surface area contributed by atoms with Crippen molar-refractivity contribution in [2.24, 2.45) is 5.92 Å². The highest BCUT2D eigenvalue weighted by molar-refractivity contribution is 5.87.